The van der Waals surface area contributed by atoms with Gasteiger partial charge in [-0.3, -0.25) is 4.79 Å². The maximum Gasteiger partial charge on any atom is 0.222 e. The lowest BCUT2D eigenvalue weighted by atomic mass is 9.81. The van der Waals surface area contributed by atoms with Crippen LogP contribution in [0, 0.1) is 5.92 Å². The van der Waals surface area contributed by atoms with Crippen LogP contribution >= 0.6 is 0 Å². The second-order valence-electron chi connectivity index (χ2n) is 8.86. The molecule has 0 unspecified atom stereocenters. The largest absolute Gasteiger partial charge is 0.378 e. The number of hydrogen-bond acceptors (Lipinski definition) is 5. The Bertz CT molecular complexity index is 1130. The summed E-state index contributed by atoms with van der Waals surface area (Å²) in [4.78, 5) is 21.1. The zero-order chi connectivity index (χ0) is 21.6. The van der Waals surface area contributed by atoms with E-state index in [1.165, 1.54) is 6.92 Å². The first kappa shape index (κ1) is 20.2. The molecule has 1 N–H and O–H groups in total. The third kappa shape index (κ3) is 3.51. The van der Waals surface area contributed by atoms with Gasteiger partial charge in [0.2, 0.25) is 5.91 Å². The number of fused-ring (bicyclic) bond motifs is 1. The second kappa shape index (κ2) is 7.73. The van der Waals surface area contributed by atoms with Crippen LogP contribution in [0.1, 0.15) is 44.8 Å². The van der Waals surface area contributed by atoms with Gasteiger partial charge in [0.15, 0.2) is 0 Å². The minimum atomic E-state index is -0.499. The van der Waals surface area contributed by atoms with Crippen LogP contribution in [0.3, 0.4) is 0 Å². The molecule has 7 nitrogen and oxygen atoms in total. The van der Waals surface area contributed by atoms with E-state index in [1.807, 2.05) is 30.5 Å². The van der Waals surface area contributed by atoms with Gasteiger partial charge in [-0.25, -0.2) is 9.97 Å². The third-order valence-electron chi connectivity index (χ3n) is 6.63. The molecule has 3 aromatic rings. The summed E-state index contributed by atoms with van der Waals surface area (Å²) < 4.78 is 13.8. The van der Waals surface area contributed by atoms with Crippen molar-refractivity contribution in [2.45, 2.75) is 44.8 Å². The molecule has 7 heteroatoms. The molecule has 3 aromatic heterocycles. The highest BCUT2D eigenvalue weighted by molar-refractivity contribution is 5.98. The molecule has 2 aliphatic rings. The first-order valence-corrected chi connectivity index (χ1v) is 10.9. The molecule has 1 aliphatic carbocycles. The van der Waals surface area contributed by atoms with Gasteiger partial charge in [-0.2, -0.15) is 0 Å². The van der Waals surface area contributed by atoms with Gasteiger partial charge in [-0.05, 0) is 37.0 Å². The quantitative estimate of drug-likeness (QED) is 0.666. The van der Waals surface area contributed by atoms with Crippen molar-refractivity contribution in [2.75, 3.05) is 25.6 Å². The minimum Gasteiger partial charge on any atom is -0.378 e. The van der Waals surface area contributed by atoms with Gasteiger partial charge in [-0.15, -0.1) is 0 Å². The molecule has 0 bridgehead atoms. The molecule has 1 amide bonds. The molecular formula is C24H28N4O3. The highest BCUT2D eigenvalue weighted by Crippen LogP contribution is 2.42. The number of nitrogens with zero attached hydrogens (tertiary/aromatic N) is 3. The molecule has 1 atom stereocenters. The van der Waals surface area contributed by atoms with Gasteiger partial charge in [0, 0.05) is 50.2 Å². The molecule has 5 rings (SSSR count). The lowest BCUT2D eigenvalue weighted by Crippen LogP contribution is -2.30. The zero-order valence-corrected chi connectivity index (χ0v) is 18.2. The van der Waals surface area contributed by atoms with E-state index < -0.39 is 5.60 Å². The van der Waals surface area contributed by atoms with Crippen LogP contribution in [-0.2, 0) is 19.9 Å². The van der Waals surface area contributed by atoms with Crippen LogP contribution in [0.2, 0.25) is 0 Å². The van der Waals surface area contributed by atoms with E-state index in [-0.39, 0.29) is 5.91 Å². The van der Waals surface area contributed by atoms with E-state index in [4.69, 9.17) is 14.5 Å². The number of carbonyl (C=O) groups is 1. The summed E-state index contributed by atoms with van der Waals surface area (Å²) in [5.41, 5.74) is 3.38. The zero-order valence-electron chi connectivity index (χ0n) is 18.2. The highest BCUT2D eigenvalue weighted by atomic mass is 16.5. The molecule has 0 radical (unpaired) electrons. The maximum absolute atomic E-state index is 11.6. The molecule has 1 saturated heterocycles. The van der Waals surface area contributed by atoms with Gasteiger partial charge in [0.05, 0.1) is 29.7 Å². The molecule has 1 aliphatic heterocycles. The lowest BCUT2D eigenvalue weighted by Gasteiger charge is -2.34. The first-order chi connectivity index (χ1) is 15.0. The summed E-state index contributed by atoms with van der Waals surface area (Å²) in [7, 11) is 1.72. The van der Waals surface area contributed by atoms with Crippen LogP contribution in [-0.4, -0.2) is 40.8 Å². The normalized spacial score (nSPS) is 25.5. The molecule has 0 spiro atoms. The number of anilines is 1. The van der Waals surface area contributed by atoms with Crippen LogP contribution in [0.5, 0.6) is 0 Å². The first-order valence-electron chi connectivity index (χ1n) is 10.9. The molecule has 2 fully saturated rings. The predicted molar refractivity (Wildman–Crippen MR) is 119 cm³/mol. The summed E-state index contributed by atoms with van der Waals surface area (Å²) in [6.45, 7) is 4.96. The number of pyridine rings is 2. The monoisotopic (exact) mass is 420 g/mol. The van der Waals surface area contributed by atoms with E-state index >= 15 is 0 Å². The number of amides is 1. The molecule has 1 saturated carbocycles. The summed E-state index contributed by atoms with van der Waals surface area (Å²) in [5.74, 6) is 1.15. The molecule has 0 aromatic carbocycles. The van der Waals surface area contributed by atoms with E-state index in [0.717, 1.165) is 53.0 Å². The average molecular weight is 421 g/mol. The topological polar surface area (TPSA) is 78.3 Å². The Labute approximate surface area is 181 Å². The van der Waals surface area contributed by atoms with Crippen LogP contribution in [0.4, 0.5) is 5.82 Å². The Morgan fingerprint density at radius 1 is 1.35 bits per heavy atom. The molecular weight excluding hydrogens is 392 g/mol. The van der Waals surface area contributed by atoms with E-state index in [1.54, 1.807) is 7.11 Å². The summed E-state index contributed by atoms with van der Waals surface area (Å²) >= 11 is 0. The number of carbonyl (C=O) groups excluding carboxylic acids is 1. The fraction of sp³-hybridized carbons (Fsp3) is 0.458. The SMILES string of the molecule is CO[C@@]1(c2cccc(-c3cn(C4CC(C)C4)c4cnc(NC(C)=O)cc34)n2)CCOC1. The fourth-order valence-electron chi connectivity index (χ4n) is 4.84. The van der Waals surface area contributed by atoms with Crippen molar-refractivity contribution in [3.8, 4) is 11.3 Å². The molecule has 162 valence electrons. The van der Waals surface area contributed by atoms with Crippen LogP contribution in [0.15, 0.2) is 36.7 Å². The van der Waals surface area contributed by atoms with Crippen LogP contribution in [0.25, 0.3) is 22.2 Å². The van der Waals surface area contributed by atoms with E-state index in [2.05, 4.69) is 28.0 Å². The summed E-state index contributed by atoms with van der Waals surface area (Å²) in [5, 5.41) is 3.84. The number of nitrogens with one attached hydrogen (secondary N) is 1. The van der Waals surface area contributed by atoms with Gasteiger partial charge in [0.25, 0.3) is 0 Å². The van der Waals surface area contributed by atoms with Crippen molar-refractivity contribution >= 4 is 22.6 Å². The van der Waals surface area contributed by atoms with Gasteiger partial charge >= 0.3 is 0 Å². The number of methoxy groups -OCH3 is 1. The Hall–Kier alpha value is -2.77. The Kier molecular flexibility index (Phi) is 5.02. The van der Waals surface area contributed by atoms with Gasteiger partial charge in [0.1, 0.15) is 11.4 Å². The van der Waals surface area contributed by atoms with Crippen molar-refractivity contribution in [3.63, 3.8) is 0 Å². The van der Waals surface area contributed by atoms with E-state index in [9.17, 15) is 4.79 Å². The molecule has 4 heterocycles. The Morgan fingerprint density at radius 2 is 2.19 bits per heavy atom. The summed E-state index contributed by atoms with van der Waals surface area (Å²) in [6.07, 6.45) is 7.16. The molecule has 31 heavy (non-hydrogen) atoms. The van der Waals surface area contributed by atoms with Gasteiger partial charge in [-0.1, -0.05) is 13.0 Å². The number of ether oxygens (including phenoxy) is 2. The van der Waals surface area contributed by atoms with Crippen molar-refractivity contribution in [1.82, 2.24) is 14.5 Å². The van der Waals surface area contributed by atoms with E-state index in [0.29, 0.717) is 25.1 Å². The second-order valence-corrected chi connectivity index (χ2v) is 8.86. The fourth-order valence-corrected chi connectivity index (χ4v) is 4.84. The van der Waals surface area contributed by atoms with Gasteiger partial charge < -0.3 is 19.4 Å². The van der Waals surface area contributed by atoms with Crippen molar-refractivity contribution in [1.29, 1.82) is 0 Å². The van der Waals surface area contributed by atoms with Crippen molar-refractivity contribution in [3.05, 3.63) is 42.4 Å². The summed E-state index contributed by atoms with van der Waals surface area (Å²) in [6, 6.07) is 8.49. The smallest absolute Gasteiger partial charge is 0.222 e. The Morgan fingerprint density at radius 3 is 2.87 bits per heavy atom. The van der Waals surface area contributed by atoms with Crippen molar-refractivity contribution in [2.24, 2.45) is 5.92 Å². The van der Waals surface area contributed by atoms with Crippen molar-refractivity contribution < 1.29 is 14.3 Å². The maximum atomic E-state index is 11.6. The lowest BCUT2D eigenvalue weighted by molar-refractivity contribution is -0.114. The third-order valence-corrected chi connectivity index (χ3v) is 6.63. The number of rotatable bonds is 5. The predicted octanol–water partition coefficient (Wildman–Crippen LogP) is 4.29. The average Bonchev–Trinajstić information content (AvgIpc) is 3.37. The standard InChI is InChI=1S/C24H28N4O3/c1-15-9-17(10-15)28-13-19(18-11-23(26-16(2)29)25-12-21(18)28)20-5-4-6-22(27-20)24(30-3)7-8-31-14-24/h4-6,11-13,15,17H,7-10,14H2,1-3H3,(H,25,26,29)/t15?,17?,24-/m0/s1. The highest BCUT2D eigenvalue weighted by Gasteiger charge is 2.38. The number of hydrogen-bond donors (Lipinski definition) is 1. The number of aromatic nitrogens is 3. The van der Waals surface area contributed by atoms with Crippen LogP contribution < -0.4 is 5.32 Å². The Balaban J connectivity index is 1.63. The minimum absolute atomic E-state index is 0.135.